The van der Waals surface area contributed by atoms with Crippen molar-refractivity contribution in [3.05, 3.63) is 35.6 Å². The number of piperidine rings is 1. The number of nitrogens with zero attached hydrogens (tertiary/aromatic N) is 1. The maximum absolute atomic E-state index is 13.4. The molecule has 3 fully saturated rings. The highest BCUT2D eigenvalue weighted by molar-refractivity contribution is 5.73. The summed E-state index contributed by atoms with van der Waals surface area (Å²) in [5.41, 5.74) is 1.05. The molecule has 1 aromatic carbocycles. The van der Waals surface area contributed by atoms with E-state index in [1.165, 1.54) is 18.9 Å². The molecule has 0 amide bonds. The molecule has 2 bridgehead atoms. The lowest BCUT2D eigenvalue weighted by atomic mass is 9.91. The van der Waals surface area contributed by atoms with E-state index in [4.69, 9.17) is 19.4 Å². The van der Waals surface area contributed by atoms with Gasteiger partial charge in [0.05, 0.1) is 19.3 Å². The minimum absolute atomic E-state index is 0.151. The van der Waals surface area contributed by atoms with Gasteiger partial charge in [0.25, 0.3) is 0 Å². The van der Waals surface area contributed by atoms with Crippen molar-refractivity contribution in [2.75, 3.05) is 19.8 Å². The van der Waals surface area contributed by atoms with E-state index in [0.717, 1.165) is 50.7 Å². The Kier molecular flexibility index (Phi) is 7.13. The first-order valence-corrected chi connectivity index (χ1v) is 9.72. The molecule has 2 atom stereocenters. The molecular formula is C20H25F4NO4. The van der Waals surface area contributed by atoms with Crippen molar-refractivity contribution in [3.63, 3.8) is 0 Å². The second-order valence-corrected chi connectivity index (χ2v) is 7.82. The first-order chi connectivity index (χ1) is 13.7. The largest absolute Gasteiger partial charge is 0.490 e. The van der Waals surface area contributed by atoms with Gasteiger partial charge in [-0.05, 0) is 49.3 Å². The molecule has 5 nitrogen and oxygen atoms in total. The fraction of sp³-hybridized carbons (Fsp3) is 0.650. The van der Waals surface area contributed by atoms with Crippen molar-refractivity contribution in [1.29, 1.82) is 0 Å². The summed E-state index contributed by atoms with van der Waals surface area (Å²) < 4.78 is 57.0. The Morgan fingerprint density at radius 2 is 1.83 bits per heavy atom. The predicted octanol–water partition coefficient (Wildman–Crippen LogP) is 3.62. The van der Waals surface area contributed by atoms with Gasteiger partial charge in [0.15, 0.2) is 0 Å². The Bertz CT molecular complexity index is 681. The number of morpholine rings is 1. The summed E-state index contributed by atoms with van der Waals surface area (Å²) in [6.07, 6.45) is 0.0584. The third-order valence-electron chi connectivity index (χ3n) is 5.39. The minimum atomic E-state index is -5.08. The van der Waals surface area contributed by atoms with E-state index < -0.39 is 12.1 Å². The Balaban J connectivity index is 0.000000298. The van der Waals surface area contributed by atoms with Crippen molar-refractivity contribution in [2.24, 2.45) is 5.92 Å². The van der Waals surface area contributed by atoms with E-state index in [0.29, 0.717) is 18.2 Å². The van der Waals surface area contributed by atoms with Gasteiger partial charge in [0, 0.05) is 25.2 Å². The van der Waals surface area contributed by atoms with E-state index in [9.17, 15) is 17.6 Å². The van der Waals surface area contributed by atoms with Gasteiger partial charge in [0.1, 0.15) is 5.82 Å². The molecule has 2 unspecified atom stereocenters. The summed E-state index contributed by atoms with van der Waals surface area (Å²) in [5, 5.41) is 7.12. The van der Waals surface area contributed by atoms with Crippen molar-refractivity contribution in [2.45, 2.75) is 56.6 Å². The van der Waals surface area contributed by atoms with Crippen LogP contribution in [-0.4, -0.2) is 60.2 Å². The number of carboxylic acid groups (broad SMARTS) is 1. The summed E-state index contributed by atoms with van der Waals surface area (Å²) in [6, 6.07) is 7.76. The third-order valence-corrected chi connectivity index (χ3v) is 5.39. The molecule has 1 saturated carbocycles. The van der Waals surface area contributed by atoms with Crippen LogP contribution in [-0.2, 0) is 20.8 Å². The van der Waals surface area contributed by atoms with Crippen LogP contribution in [0.2, 0.25) is 0 Å². The molecule has 2 heterocycles. The van der Waals surface area contributed by atoms with Crippen LogP contribution in [0.3, 0.4) is 0 Å². The summed E-state index contributed by atoms with van der Waals surface area (Å²) >= 11 is 0. The van der Waals surface area contributed by atoms with Crippen LogP contribution in [0.5, 0.6) is 0 Å². The molecule has 29 heavy (non-hydrogen) atoms. The van der Waals surface area contributed by atoms with Crippen LogP contribution in [0, 0.1) is 11.7 Å². The van der Waals surface area contributed by atoms with Crippen LogP contribution in [0.25, 0.3) is 0 Å². The molecule has 9 heteroatoms. The minimum Gasteiger partial charge on any atom is -0.475 e. The summed E-state index contributed by atoms with van der Waals surface area (Å²) in [6.45, 7) is 3.30. The third kappa shape index (κ3) is 6.65. The van der Waals surface area contributed by atoms with Gasteiger partial charge in [-0.25, -0.2) is 9.18 Å². The highest BCUT2D eigenvalue weighted by Crippen LogP contribution is 2.34. The maximum atomic E-state index is 13.4. The Labute approximate surface area is 166 Å². The monoisotopic (exact) mass is 419 g/mol. The van der Waals surface area contributed by atoms with Crippen molar-refractivity contribution >= 4 is 5.97 Å². The zero-order chi connectivity index (χ0) is 21.0. The summed E-state index contributed by atoms with van der Waals surface area (Å²) in [4.78, 5) is 11.4. The predicted molar refractivity (Wildman–Crippen MR) is 95.7 cm³/mol. The van der Waals surface area contributed by atoms with Crippen molar-refractivity contribution in [3.8, 4) is 0 Å². The number of hydrogen-bond acceptors (Lipinski definition) is 4. The summed E-state index contributed by atoms with van der Waals surface area (Å²) in [7, 11) is 0. The molecule has 2 saturated heterocycles. The lowest BCUT2D eigenvalue weighted by molar-refractivity contribution is -0.192. The molecule has 3 aliphatic rings. The Morgan fingerprint density at radius 3 is 2.34 bits per heavy atom. The smallest absolute Gasteiger partial charge is 0.475 e. The van der Waals surface area contributed by atoms with E-state index in [1.807, 2.05) is 6.07 Å². The number of rotatable bonds is 5. The lowest BCUT2D eigenvalue weighted by Crippen LogP contribution is -2.57. The van der Waals surface area contributed by atoms with Crippen LogP contribution in [0.4, 0.5) is 17.6 Å². The van der Waals surface area contributed by atoms with Gasteiger partial charge >= 0.3 is 12.1 Å². The molecule has 1 N–H and O–H groups in total. The van der Waals surface area contributed by atoms with Crippen LogP contribution in [0.1, 0.15) is 31.2 Å². The SMILES string of the molecule is Fc1cccc(CN2C3COCC2CC(OCC2CC2)C3)c1.O=C(O)C(F)(F)F. The highest BCUT2D eigenvalue weighted by Gasteiger charge is 2.40. The molecule has 2 aliphatic heterocycles. The maximum Gasteiger partial charge on any atom is 0.490 e. The average molecular weight is 419 g/mol. The number of alkyl halides is 3. The second kappa shape index (κ2) is 9.40. The number of carboxylic acids is 1. The Morgan fingerprint density at radius 1 is 1.21 bits per heavy atom. The molecule has 4 rings (SSSR count). The average Bonchev–Trinajstić information content (AvgIpc) is 3.44. The number of ether oxygens (including phenoxy) is 2. The van der Waals surface area contributed by atoms with E-state index in [1.54, 1.807) is 12.1 Å². The fourth-order valence-corrected chi connectivity index (χ4v) is 3.74. The van der Waals surface area contributed by atoms with Crippen molar-refractivity contribution in [1.82, 2.24) is 4.90 Å². The molecule has 0 aromatic heterocycles. The van der Waals surface area contributed by atoms with Gasteiger partial charge in [-0.2, -0.15) is 13.2 Å². The number of carbonyl (C=O) groups is 1. The topological polar surface area (TPSA) is 59.0 Å². The lowest BCUT2D eigenvalue weighted by Gasteiger charge is -2.48. The quantitative estimate of drug-likeness (QED) is 0.739. The van der Waals surface area contributed by atoms with Gasteiger partial charge in [-0.15, -0.1) is 0 Å². The van der Waals surface area contributed by atoms with Gasteiger partial charge in [-0.1, -0.05) is 12.1 Å². The standard InChI is InChI=1S/C18H24FNO2.C2HF3O2/c19-15-3-1-2-14(6-15)9-20-16-7-18(22-10-13-4-5-13)8-17(20)12-21-11-16;3-2(4,5)1(6)7/h1-3,6,13,16-18H,4-5,7-12H2;(H,6,7). The Hall–Kier alpha value is -1.71. The first-order valence-electron chi connectivity index (χ1n) is 9.72. The number of aliphatic carboxylic acids is 1. The molecular weight excluding hydrogens is 394 g/mol. The number of hydrogen-bond donors (Lipinski definition) is 1. The van der Waals surface area contributed by atoms with Crippen LogP contribution >= 0.6 is 0 Å². The highest BCUT2D eigenvalue weighted by atomic mass is 19.4. The molecule has 1 aliphatic carbocycles. The molecule has 1 aromatic rings. The van der Waals surface area contributed by atoms with E-state index >= 15 is 0 Å². The molecule has 0 spiro atoms. The summed E-state index contributed by atoms with van der Waals surface area (Å²) in [5.74, 6) is -2.09. The first kappa shape index (κ1) is 22.0. The van der Waals surface area contributed by atoms with E-state index in [2.05, 4.69) is 4.90 Å². The second-order valence-electron chi connectivity index (χ2n) is 7.82. The van der Waals surface area contributed by atoms with Crippen LogP contribution < -0.4 is 0 Å². The number of benzene rings is 1. The van der Waals surface area contributed by atoms with Gasteiger partial charge in [0.2, 0.25) is 0 Å². The molecule has 0 radical (unpaired) electrons. The number of halogens is 4. The van der Waals surface area contributed by atoms with Gasteiger partial charge in [-0.3, -0.25) is 4.90 Å². The zero-order valence-corrected chi connectivity index (χ0v) is 15.9. The van der Waals surface area contributed by atoms with E-state index in [-0.39, 0.29) is 5.82 Å². The molecule has 162 valence electrons. The zero-order valence-electron chi connectivity index (χ0n) is 15.9. The number of fused-ring (bicyclic) bond motifs is 2. The van der Waals surface area contributed by atoms with Gasteiger partial charge < -0.3 is 14.6 Å². The normalized spacial score (nSPS) is 27.1. The fourth-order valence-electron chi connectivity index (χ4n) is 3.74. The van der Waals surface area contributed by atoms with Crippen LogP contribution in [0.15, 0.2) is 24.3 Å². The van der Waals surface area contributed by atoms with Crippen molar-refractivity contribution < 1.29 is 36.9 Å².